The molecule has 2 rings (SSSR count). The van der Waals surface area contributed by atoms with Gasteiger partial charge in [-0.05, 0) is 12.8 Å². The molecule has 8 heteroatoms. The summed E-state index contributed by atoms with van der Waals surface area (Å²) in [5.74, 6) is 0.512. The maximum atomic E-state index is 12.2. The van der Waals surface area contributed by atoms with Crippen molar-refractivity contribution in [3.63, 3.8) is 0 Å². The second kappa shape index (κ2) is 5.32. The molecule has 0 radical (unpaired) electrons. The second-order valence-corrected chi connectivity index (χ2v) is 5.05. The van der Waals surface area contributed by atoms with Crippen molar-refractivity contribution in [3.8, 4) is 0 Å². The van der Waals surface area contributed by atoms with Crippen molar-refractivity contribution in [3.05, 3.63) is 23.5 Å². The van der Waals surface area contributed by atoms with Crippen molar-refractivity contribution in [1.29, 1.82) is 0 Å². The van der Waals surface area contributed by atoms with Gasteiger partial charge in [0.1, 0.15) is 6.33 Å². The third kappa shape index (κ3) is 2.49. The zero-order valence-electron chi connectivity index (χ0n) is 12.0. The number of carbonyl (C=O) groups is 1. The molecule has 0 fully saturated rings. The number of hydrogen-bond donors (Lipinski definition) is 3. The molecule has 0 saturated carbocycles. The number of H-pyrrole nitrogens is 1. The summed E-state index contributed by atoms with van der Waals surface area (Å²) in [6, 6.07) is -0.284. The summed E-state index contributed by atoms with van der Waals surface area (Å²) in [6.45, 7) is 5.79. The van der Waals surface area contributed by atoms with Gasteiger partial charge in [-0.1, -0.05) is 13.8 Å². The Kier molecular flexibility index (Phi) is 3.73. The van der Waals surface area contributed by atoms with Gasteiger partial charge in [0.15, 0.2) is 11.5 Å². The number of nitrogens with two attached hydrogens (primary N) is 1. The predicted octanol–water partition coefficient (Wildman–Crippen LogP) is 0.735. The Balaban J connectivity index is 2.15. The topological polar surface area (TPSA) is 115 Å². The SMILES string of the molecule is CC(C)c1[nH]nc(C(=O)NC(C)c2nncn2C)c1N. The molecule has 0 aliphatic rings. The Labute approximate surface area is 116 Å². The quantitative estimate of drug-likeness (QED) is 0.762. The maximum absolute atomic E-state index is 12.2. The number of amides is 1. The number of nitrogen functional groups attached to an aromatic ring is 1. The van der Waals surface area contributed by atoms with Gasteiger partial charge >= 0.3 is 0 Å². The van der Waals surface area contributed by atoms with Crippen LogP contribution in [0.25, 0.3) is 0 Å². The molecule has 2 heterocycles. The van der Waals surface area contributed by atoms with E-state index in [4.69, 9.17) is 5.73 Å². The summed E-state index contributed by atoms with van der Waals surface area (Å²) in [7, 11) is 1.82. The van der Waals surface area contributed by atoms with Crippen LogP contribution in [0, 0.1) is 0 Å². The summed E-state index contributed by atoms with van der Waals surface area (Å²) < 4.78 is 1.75. The van der Waals surface area contributed by atoms with Gasteiger partial charge in [-0.3, -0.25) is 9.89 Å². The minimum absolute atomic E-state index is 0.181. The third-order valence-electron chi connectivity index (χ3n) is 3.11. The van der Waals surface area contributed by atoms with E-state index in [2.05, 4.69) is 25.7 Å². The molecule has 4 N–H and O–H groups in total. The second-order valence-electron chi connectivity index (χ2n) is 5.05. The first kappa shape index (κ1) is 14.0. The average Bonchev–Trinajstić information content (AvgIpc) is 2.95. The van der Waals surface area contributed by atoms with Gasteiger partial charge in [0.2, 0.25) is 0 Å². The molecule has 1 amide bonds. The molecular formula is C12H19N7O. The lowest BCUT2D eigenvalue weighted by Crippen LogP contribution is -2.29. The van der Waals surface area contributed by atoms with Crippen LogP contribution in [0.4, 0.5) is 5.69 Å². The monoisotopic (exact) mass is 277 g/mol. The average molecular weight is 277 g/mol. The third-order valence-corrected chi connectivity index (χ3v) is 3.11. The van der Waals surface area contributed by atoms with Gasteiger partial charge in [0.05, 0.1) is 17.4 Å². The Morgan fingerprint density at radius 2 is 2.15 bits per heavy atom. The fraction of sp³-hybridized carbons (Fsp3) is 0.500. The van der Waals surface area contributed by atoms with Gasteiger partial charge in [0, 0.05) is 7.05 Å². The number of nitrogens with zero attached hydrogens (tertiary/aromatic N) is 4. The molecule has 1 unspecified atom stereocenters. The normalized spacial score (nSPS) is 12.7. The minimum Gasteiger partial charge on any atom is -0.395 e. The number of aromatic amines is 1. The van der Waals surface area contributed by atoms with Gasteiger partial charge < -0.3 is 15.6 Å². The molecule has 8 nitrogen and oxygen atoms in total. The van der Waals surface area contributed by atoms with E-state index < -0.39 is 0 Å². The van der Waals surface area contributed by atoms with Crippen LogP contribution in [0.5, 0.6) is 0 Å². The summed E-state index contributed by atoms with van der Waals surface area (Å²) in [5.41, 5.74) is 7.31. The van der Waals surface area contributed by atoms with Crippen LogP contribution in [-0.4, -0.2) is 30.9 Å². The van der Waals surface area contributed by atoms with E-state index in [0.717, 1.165) is 5.69 Å². The Bertz CT molecular complexity index is 613. The van der Waals surface area contributed by atoms with E-state index in [-0.39, 0.29) is 23.6 Å². The van der Waals surface area contributed by atoms with Crippen LogP contribution in [0.2, 0.25) is 0 Å². The van der Waals surface area contributed by atoms with Crippen LogP contribution >= 0.6 is 0 Å². The van der Waals surface area contributed by atoms with E-state index in [1.165, 1.54) is 0 Å². The number of aryl methyl sites for hydroxylation is 1. The molecule has 0 aliphatic carbocycles. The van der Waals surface area contributed by atoms with Crippen molar-refractivity contribution in [1.82, 2.24) is 30.3 Å². The minimum atomic E-state index is -0.332. The van der Waals surface area contributed by atoms with Gasteiger partial charge in [-0.15, -0.1) is 10.2 Å². The molecule has 2 aromatic heterocycles. The highest BCUT2D eigenvalue weighted by molar-refractivity contribution is 5.97. The molecule has 0 saturated heterocycles. The first-order chi connectivity index (χ1) is 9.41. The summed E-state index contributed by atoms with van der Waals surface area (Å²) >= 11 is 0. The standard InChI is InChI=1S/C12H19N7O/c1-6(2)9-8(13)10(17-16-9)12(20)15-7(3)11-18-14-5-19(11)4/h5-7H,13H2,1-4H3,(H,15,20)(H,16,17). The predicted molar refractivity (Wildman–Crippen MR) is 74.0 cm³/mol. The van der Waals surface area contributed by atoms with Crippen molar-refractivity contribution < 1.29 is 4.79 Å². The number of aromatic nitrogens is 5. The van der Waals surface area contributed by atoms with Crippen LogP contribution in [-0.2, 0) is 7.05 Å². The molecule has 0 aromatic carbocycles. The maximum Gasteiger partial charge on any atom is 0.274 e. The number of nitrogens with one attached hydrogen (secondary N) is 2. The molecule has 0 spiro atoms. The van der Waals surface area contributed by atoms with Gasteiger partial charge in [-0.25, -0.2) is 0 Å². The number of hydrogen-bond acceptors (Lipinski definition) is 5. The Hall–Kier alpha value is -2.38. The van der Waals surface area contributed by atoms with E-state index in [9.17, 15) is 4.79 Å². The van der Waals surface area contributed by atoms with Crippen LogP contribution < -0.4 is 11.1 Å². The van der Waals surface area contributed by atoms with Crippen LogP contribution in [0.3, 0.4) is 0 Å². The molecule has 1 atom stereocenters. The van der Waals surface area contributed by atoms with Gasteiger partial charge in [-0.2, -0.15) is 5.10 Å². The molecule has 20 heavy (non-hydrogen) atoms. The van der Waals surface area contributed by atoms with Crippen molar-refractivity contribution >= 4 is 11.6 Å². The fourth-order valence-corrected chi connectivity index (χ4v) is 1.99. The van der Waals surface area contributed by atoms with Crippen LogP contribution in [0.15, 0.2) is 6.33 Å². The number of carbonyl (C=O) groups excluding carboxylic acids is 1. The van der Waals surface area contributed by atoms with Crippen LogP contribution in [0.1, 0.15) is 54.7 Å². The largest absolute Gasteiger partial charge is 0.395 e. The zero-order chi connectivity index (χ0) is 14.9. The van der Waals surface area contributed by atoms with E-state index in [1.807, 2.05) is 27.8 Å². The van der Waals surface area contributed by atoms with Gasteiger partial charge in [0.25, 0.3) is 5.91 Å². The first-order valence-electron chi connectivity index (χ1n) is 6.40. The van der Waals surface area contributed by atoms with E-state index in [0.29, 0.717) is 11.5 Å². The van der Waals surface area contributed by atoms with Crippen molar-refractivity contribution in [2.45, 2.75) is 32.7 Å². The first-order valence-corrected chi connectivity index (χ1v) is 6.40. The number of rotatable bonds is 4. The van der Waals surface area contributed by atoms with E-state index >= 15 is 0 Å². The summed E-state index contributed by atoms with van der Waals surface area (Å²) in [4.78, 5) is 12.2. The van der Waals surface area contributed by atoms with E-state index in [1.54, 1.807) is 10.9 Å². The van der Waals surface area contributed by atoms with Crippen molar-refractivity contribution in [2.24, 2.45) is 7.05 Å². The lowest BCUT2D eigenvalue weighted by Gasteiger charge is -2.12. The summed E-state index contributed by atoms with van der Waals surface area (Å²) in [6.07, 6.45) is 1.58. The molecule has 2 aromatic rings. The highest BCUT2D eigenvalue weighted by Crippen LogP contribution is 2.22. The highest BCUT2D eigenvalue weighted by Gasteiger charge is 2.21. The lowest BCUT2D eigenvalue weighted by molar-refractivity contribution is 0.0933. The lowest BCUT2D eigenvalue weighted by atomic mass is 10.1. The molecule has 0 bridgehead atoms. The van der Waals surface area contributed by atoms with Crippen molar-refractivity contribution in [2.75, 3.05) is 5.73 Å². The Morgan fingerprint density at radius 3 is 2.65 bits per heavy atom. The number of anilines is 1. The molecule has 0 aliphatic heterocycles. The Morgan fingerprint density at radius 1 is 1.45 bits per heavy atom. The highest BCUT2D eigenvalue weighted by atomic mass is 16.2. The molecular weight excluding hydrogens is 258 g/mol. The fourth-order valence-electron chi connectivity index (χ4n) is 1.99. The smallest absolute Gasteiger partial charge is 0.274 e. The zero-order valence-corrected chi connectivity index (χ0v) is 12.0. The molecule has 108 valence electrons. The summed E-state index contributed by atoms with van der Waals surface area (Å²) in [5, 5.41) is 17.3.